The van der Waals surface area contributed by atoms with Gasteiger partial charge in [-0.2, -0.15) is 0 Å². The van der Waals surface area contributed by atoms with Gasteiger partial charge in [0.1, 0.15) is 11.6 Å². The molecule has 2 nitrogen and oxygen atoms in total. The zero-order valence-electron chi connectivity index (χ0n) is 11.8. The minimum atomic E-state index is -0.501. The molecule has 0 spiro atoms. The summed E-state index contributed by atoms with van der Waals surface area (Å²) in [5.41, 5.74) is 0.706. The Bertz CT molecular complexity index is 414. The molecule has 1 aromatic rings. The van der Waals surface area contributed by atoms with E-state index in [9.17, 15) is 8.78 Å². The van der Waals surface area contributed by atoms with Gasteiger partial charge in [-0.3, -0.25) is 4.90 Å². The van der Waals surface area contributed by atoms with E-state index in [0.29, 0.717) is 30.1 Å². The van der Waals surface area contributed by atoms with Crippen LogP contribution in [-0.4, -0.2) is 30.1 Å². The van der Waals surface area contributed by atoms with E-state index in [2.05, 4.69) is 31.0 Å². The van der Waals surface area contributed by atoms with Crippen LogP contribution in [-0.2, 0) is 6.54 Å². The van der Waals surface area contributed by atoms with Crippen molar-refractivity contribution in [3.05, 3.63) is 35.4 Å². The first-order valence-corrected chi connectivity index (χ1v) is 6.88. The fourth-order valence-corrected chi connectivity index (χ4v) is 2.78. The molecular weight excluding hydrogens is 246 g/mol. The molecule has 0 saturated carbocycles. The zero-order valence-corrected chi connectivity index (χ0v) is 11.8. The average Bonchev–Trinajstić information content (AvgIpc) is 2.26. The molecule has 2 unspecified atom stereocenters. The third kappa shape index (κ3) is 3.74. The number of benzene rings is 1. The van der Waals surface area contributed by atoms with Crippen LogP contribution in [0, 0.1) is 17.6 Å². The maximum Gasteiger partial charge on any atom is 0.126 e. The normalized spacial score (nSPS) is 24.9. The first-order chi connectivity index (χ1) is 8.95. The summed E-state index contributed by atoms with van der Waals surface area (Å²) in [6.07, 6.45) is 0. The lowest BCUT2D eigenvalue weighted by molar-refractivity contribution is 0.0954. The monoisotopic (exact) mass is 268 g/mol. The first kappa shape index (κ1) is 14.4. The molecule has 0 amide bonds. The van der Waals surface area contributed by atoms with Crippen LogP contribution in [0.15, 0.2) is 18.2 Å². The van der Waals surface area contributed by atoms with Gasteiger partial charge in [-0.05, 0) is 30.5 Å². The Kier molecular flexibility index (Phi) is 4.53. The fourth-order valence-electron chi connectivity index (χ4n) is 2.78. The van der Waals surface area contributed by atoms with E-state index in [1.165, 1.54) is 12.1 Å². The van der Waals surface area contributed by atoms with Crippen LogP contribution < -0.4 is 5.32 Å². The molecule has 2 rings (SSSR count). The standard InChI is InChI=1S/C15H22F2N2/c1-10(2)15-7-18-11(3)8-19(15)9-12-4-13(16)6-14(17)5-12/h4-6,10-11,15,18H,7-9H2,1-3H3. The molecule has 0 aliphatic carbocycles. The maximum atomic E-state index is 13.2. The number of nitrogens with one attached hydrogen (secondary N) is 1. The SMILES string of the molecule is CC1CN(Cc2cc(F)cc(F)c2)C(C(C)C)CN1. The highest BCUT2D eigenvalue weighted by Gasteiger charge is 2.28. The summed E-state index contributed by atoms with van der Waals surface area (Å²) in [5.74, 6) is -0.489. The van der Waals surface area contributed by atoms with Crippen LogP contribution in [0.1, 0.15) is 26.3 Å². The van der Waals surface area contributed by atoms with E-state index >= 15 is 0 Å². The quantitative estimate of drug-likeness (QED) is 0.907. The highest BCUT2D eigenvalue weighted by atomic mass is 19.1. The lowest BCUT2D eigenvalue weighted by atomic mass is 9.98. The summed E-state index contributed by atoms with van der Waals surface area (Å²) in [5, 5.41) is 3.46. The number of hydrogen-bond donors (Lipinski definition) is 1. The Morgan fingerprint density at radius 3 is 2.47 bits per heavy atom. The molecule has 1 aliphatic heterocycles. The van der Waals surface area contributed by atoms with Gasteiger partial charge in [0.05, 0.1) is 0 Å². The molecule has 1 aromatic carbocycles. The second kappa shape index (κ2) is 5.97. The molecule has 0 aromatic heterocycles. The van der Waals surface area contributed by atoms with Gasteiger partial charge in [0.2, 0.25) is 0 Å². The second-order valence-corrected chi connectivity index (χ2v) is 5.83. The van der Waals surface area contributed by atoms with Crippen molar-refractivity contribution in [1.82, 2.24) is 10.2 Å². The van der Waals surface area contributed by atoms with Gasteiger partial charge in [0.15, 0.2) is 0 Å². The fraction of sp³-hybridized carbons (Fsp3) is 0.600. The third-order valence-corrected chi connectivity index (χ3v) is 3.73. The molecular formula is C15H22F2N2. The predicted molar refractivity (Wildman–Crippen MR) is 72.9 cm³/mol. The molecule has 106 valence electrons. The molecule has 1 heterocycles. The van der Waals surface area contributed by atoms with Gasteiger partial charge in [-0.1, -0.05) is 13.8 Å². The van der Waals surface area contributed by atoms with Gasteiger partial charge in [-0.15, -0.1) is 0 Å². The van der Waals surface area contributed by atoms with Gasteiger partial charge in [0.25, 0.3) is 0 Å². The van der Waals surface area contributed by atoms with Crippen LogP contribution in [0.2, 0.25) is 0 Å². The number of hydrogen-bond acceptors (Lipinski definition) is 2. The summed E-state index contributed by atoms with van der Waals surface area (Å²) in [6, 6.07) is 4.58. The van der Waals surface area contributed by atoms with Crippen LogP contribution in [0.4, 0.5) is 8.78 Å². The molecule has 1 fully saturated rings. The summed E-state index contributed by atoms with van der Waals surface area (Å²) >= 11 is 0. The molecule has 4 heteroatoms. The van der Waals surface area contributed by atoms with Crippen LogP contribution >= 0.6 is 0 Å². The first-order valence-electron chi connectivity index (χ1n) is 6.88. The summed E-state index contributed by atoms with van der Waals surface area (Å²) in [6.45, 7) is 8.93. The van der Waals surface area contributed by atoms with Crippen LogP contribution in [0.25, 0.3) is 0 Å². The van der Waals surface area contributed by atoms with Crippen molar-refractivity contribution in [1.29, 1.82) is 0 Å². The van der Waals surface area contributed by atoms with Gasteiger partial charge in [-0.25, -0.2) is 8.78 Å². The summed E-state index contributed by atoms with van der Waals surface area (Å²) in [7, 11) is 0. The lowest BCUT2D eigenvalue weighted by Crippen LogP contribution is -2.56. The van der Waals surface area contributed by atoms with Crippen molar-refractivity contribution in [2.45, 2.75) is 39.4 Å². The smallest absolute Gasteiger partial charge is 0.126 e. The number of nitrogens with zero attached hydrogens (tertiary/aromatic N) is 1. The van der Waals surface area contributed by atoms with E-state index in [0.717, 1.165) is 19.2 Å². The predicted octanol–water partition coefficient (Wildman–Crippen LogP) is 2.78. The van der Waals surface area contributed by atoms with Gasteiger partial charge in [0, 0.05) is 37.8 Å². The van der Waals surface area contributed by atoms with Crippen LogP contribution in [0.3, 0.4) is 0 Å². The minimum Gasteiger partial charge on any atom is -0.311 e. The number of piperazine rings is 1. The highest BCUT2D eigenvalue weighted by Crippen LogP contribution is 2.19. The minimum absolute atomic E-state index is 0.405. The highest BCUT2D eigenvalue weighted by molar-refractivity contribution is 5.18. The van der Waals surface area contributed by atoms with E-state index < -0.39 is 11.6 Å². The Morgan fingerprint density at radius 2 is 1.89 bits per heavy atom. The Morgan fingerprint density at radius 1 is 1.26 bits per heavy atom. The topological polar surface area (TPSA) is 15.3 Å². The second-order valence-electron chi connectivity index (χ2n) is 5.83. The van der Waals surface area contributed by atoms with Crippen molar-refractivity contribution < 1.29 is 8.78 Å². The number of rotatable bonds is 3. The van der Waals surface area contributed by atoms with E-state index in [4.69, 9.17) is 0 Å². The van der Waals surface area contributed by atoms with Crippen molar-refractivity contribution in [2.75, 3.05) is 13.1 Å². The summed E-state index contributed by atoms with van der Waals surface area (Å²) < 4.78 is 26.5. The van der Waals surface area contributed by atoms with Crippen LogP contribution in [0.5, 0.6) is 0 Å². The molecule has 1 N–H and O–H groups in total. The van der Waals surface area contributed by atoms with E-state index in [1.54, 1.807) is 0 Å². The molecule has 1 aliphatic rings. The van der Waals surface area contributed by atoms with E-state index in [-0.39, 0.29) is 0 Å². The maximum absolute atomic E-state index is 13.2. The molecule has 0 radical (unpaired) electrons. The lowest BCUT2D eigenvalue weighted by Gasteiger charge is -2.41. The third-order valence-electron chi connectivity index (χ3n) is 3.73. The Balaban J connectivity index is 2.13. The van der Waals surface area contributed by atoms with Crippen molar-refractivity contribution in [3.8, 4) is 0 Å². The largest absolute Gasteiger partial charge is 0.311 e. The molecule has 0 bridgehead atoms. The number of halogens is 2. The molecule has 19 heavy (non-hydrogen) atoms. The average molecular weight is 268 g/mol. The Labute approximate surface area is 113 Å². The van der Waals surface area contributed by atoms with E-state index in [1.807, 2.05) is 0 Å². The van der Waals surface area contributed by atoms with Gasteiger partial charge >= 0.3 is 0 Å². The molecule has 2 atom stereocenters. The van der Waals surface area contributed by atoms with Crippen molar-refractivity contribution in [3.63, 3.8) is 0 Å². The van der Waals surface area contributed by atoms with Crippen molar-refractivity contribution >= 4 is 0 Å². The van der Waals surface area contributed by atoms with Gasteiger partial charge < -0.3 is 5.32 Å². The Hall–Kier alpha value is -1.00. The van der Waals surface area contributed by atoms with Crippen molar-refractivity contribution in [2.24, 2.45) is 5.92 Å². The molecule has 1 saturated heterocycles. The summed E-state index contributed by atoms with van der Waals surface area (Å²) in [4.78, 5) is 2.32. The zero-order chi connectivity index (χ0) is 14.0.